The second-order valence-electron chi connectivity index (χ2n) is 6.78. The number of aryl methyl sites for hydroxylation is 1. The molecular formula is C19H22F3N5O3S. The summed E-state index contributed by atoms with van der Waals surface area (Å²) in [5.41, 5.74) is -0.233. The molecule has 12 heteroatoms. The summed E-state index contributed by atoms with van der Waals surface area (Å²) in [7, 11) is -0.703. The maximum absolute atomic E-state index is 13.0. The minimum atomic E-state index is -4.62. The van der Waals surface area contributed by atoms with Crippen molar-refractivity contribution in [2.75, 3.05) is 24.5 Å². The second kappa shape index (κ2) is 8.42. The zero-order valence-corrected chi connectivity index (χ0v) is 18.3. The van der Waals surface area contributed by atoms with E-state index in [1.54, 1.807) is 7.05 Å². The number of anilines is 1. The maximum atomic E-state index is 13.0. The van der Waals surface area contributed by atoms with Gasteiger partial charge in [-0.3, -0.25) is 9.90 Å². The maximum Gasteiger partial charge on any atom is 0.433 e. The van der Waals surface area contributed by atoms with Crippen LogP contribution in [0, 0.1) is 0 Å². The lowest BCUT2D eigenvalue weighted by molar-refractivity contribution is -0.141. The molecule has 0 N–H and O–H groups in total. The number of hydrogen-bond donors (Lipinski definition) is 0. The largest absolute Gasteiger partial charge is 0.433 e. The Kier molecular flexibility index (Phi) is 6.23. The summed E-state index contributed by atoms with van der Waals surface area (Å²) < 4.78 is 66.2. The third-order valence-electron chi connectivity index (χ3n) is 4.76. The minimum Gasteiger partial charge on any atom is -0.324 e. The van der Waals surface area contributed by atoms with E-state index in [0.717, 1.165) is 18.7 Å². The van der Waals surface area contributed by atoms with Crippen LogP contribution in [-0.2, 0) is 27.9 Å². The van der Waals surface area contributed by atoms with E-state index in [2.05, 4.69) is 15.0 Å². The summed E-state index contributed by atoms with van der Waals surface area (Å²) in [6, 6.07) is 2.27. The molecule has 3 aromatic rings. The Labute approximate surface area is 177 Å². The average molecular weight is 457 g/mol. The molecule has 0 bridgehead atoms. The number of aromatic nitrogens is 4. The average Bonchev–Trinajstić information content (AvgIpc) is 3.07. The molecule has 3 heterocycles. The van der Waals surface area contributed by atoms with E-state index >= 15 is 0 Å². The first-order valence-electron chi connectivity index (χ1n) is 9.48. The highest BCUT2D eigenvalue weighted by molar-refractivity contribution is 7.91. The zero-order chi connectivity index (χ0) is 23.0. The third kappa shape index (κ3) is 4.35. The van der Waals surface area contributed by atoms with Crippen molar-refractivity contribution in [2.45, 2.75) is 31.3 Å². The van der Waals surface area contributed by atoms with Crippen molar-refractivity contribution in [2.24, 2.45) is 7.05 Å². The molecule has 0 saturated heterocycles. The van der Waals surface area contributed by atoms with Crippen LogP contribution in [0.25, 0.3) is 22.6 Å². The fraction of sp³-hybridized carbons (Fsp3) is 0.421. The number of imidazole rings is 1. The van der Waals surface area contributed by atoms with Gasteiger partial charge in [0.2, 0.25) is 0 Å². The molecule has 3 aromatic heterocycles. The molecule has 0 radical (unpaired) electrons. The smallest absolute Gasteiger partial charge is 0.324 e. The monoisotopic (exact) mass is 457 g/mol. The van der Waals surface area contributed by atoms with Gasteiger partial charge >= 0.3 is 6.18 Å². The zero-order valence-electron chi connectivity index (χ0n) is 17.4. The highest BCUT2D eigenvalue weighted by Gasteiger charge is 2.33. The normalized spacial score (nSPS) is 12.5. The predicted octanol–water partition coefficient (Wildman–Crippen LogP) is 3.62. The van der Waals surface area contributed by atoms with Crippen molar-refractivity contribution < 1.29 is 26.4 Å². The first-order chi connectivity index (χ1) is 14.5. The quantitative estimate of drug-likeness (QED) is 0.501. The van der Waals surface area contributed by atoms with Crippen LogP contribution >= 0.6 is 0 Å². The molecule has 31 heavy (non-hydrogen) atoms. The van der Waals surface area contributed by atoms with E-state index in [9.17, 15) is 21.6 Å². The van der Waals surface area contributed by atoms with Gasteiger partial charge in [0.1, 0.15) is 11.4 Å². The van der Waals surface area contributed by atoms with E-state index < -0.39 is 21.7 Å². The van der Waals surface area contributed by atoms with Crippen LogP contribution in [0.4, 0.5) is 18.9 Å². The number of rotatable bonds is 7. The topological polar surface area (TPSA) is 90.2 Å². The van der Waals surface area contributed by atoms with Crippen molar-refractivity contribution in [1.29, 1.82) is 0 Å². The molecule has 0 saturated carbocycles. The Morgan fingerprint density at radius 2 is 1.87 bits per heavy atom. The van der Waals surface area contributed by atoms with Crippen LogP contribution in [-0.4, -0.2) is 47.3 Å². The van der Waals surface area contributed by atoms with Gasteiger partial charge < -0.3 is 4.57 Å². The van der Waals surface area contributed by atoms with E-state index in [0.29, 0.717) is 17.7 Å². The number of alkyl halides is 3. The molecule has 0 aromatic carbocycles. The standard InChI is InChI=1S/C19H22F3N5O3S/c1-5-7-27(30-4)12-8-15(31(28,29)6-2)17(24-10-12)18-25-13-9-16(19(20,21)22)23-11-14(13)26(18)3/h8-11H,5-7H2,1-4H3. The number of pyridine rings is 2. The first-order valence-corrected chi connectivity index (χ1v) is 11.1. The van der Waals surface area contributed by atoms with Gasteiger partial charge in [0.05, 0.1) is 46.9 Å². The summed E-state index contributed by atoms with van der Waals surface area (Å²) in [6.45, 7) is 3.96. The van der Waals surface area contributed by atoms with E-state index in [1.807, 2.05) is 6.92 Å². The van der Waals surface area contributed by atoms with Crippen molar-refractivity contribution in [3.63, 3.8) is 0 Å². The SMILES string of the molecule is CCCN(OC)c1cnc(-c2nc3cc(C(F)(F)F)ncc3n2C)c(S(=O)(=O)CC)c1. The summed E-state index contributed by atoms with van der Waals surface area (Å²) in [6.07, 6.45) is -1.36. The van der Waals surface area contributed by atoms with Crippen molar-refractivity contribution in [3.8, 4) is 11.5 Å². The lowest BCUT2D eigenvalue weighted by atomic mass is 10.3. The highest BCUT2D eigenvalue weighted by Crippen LogP contribution is 2.33. The van der Waals surface area contributed by atoms with Crippen LogP contribution in [0.2, 0.25) is 0 Å². The predicted molar refractivity (Wildman–Crippen MR) is 109 cm³/mol. The Bertz CT molecular complexity index is 1210. The molecule has 168 valence electrons. The molecule has 8 nitrogen and oxygen atoms in total. The number of sulfone groups is 1. The molecule has 0 atom stereocenters. The summed E-state index contributed by atoms with van der Waals surface area (Å²) >= 11 is 0. The second-order valence-corrected chi connectivity index (χ2v) is 9.03. The fourth-order valence-electron chi connectivity index (χ4n) is 3.12. The lowest BCUT2D eigenvalue weighted by Crippen LogP contribution is -2.23. The highest BCUT2D eigenvalue weighted by atomic mass is 32.2. The van der Waals surface area contributed by atoms with Gasteiger partial charge in [-0.1, -0.05) is 13.8 Å². The summed E-state index contributed by atoms with van der Waals surface area (Å²) in [5, 5.41) is 1.51. The molecule has 0 aliphatic heterocycles. The van der Waals surface area contributed by atoms with Crippen LogP contribution < -0.4 is 5.06 Å². The van der Waals surface area contributed by atoms with E-state index in [4.69, 9.17) is 4.84 Å². The van der Waals surface area contributed by atoms with E-state index in [1.165, 1.54) is 35.9 Å². The summed E-state index contributed by atoms with van der Waals surface area (Å²) in [4.78, 5) is 17.2. The van der Waals surface area contributed by atoms with Gasteiger partial charge in [0.25, 0.3) is 0 Å². The number of hydroxylamine groups is 1. The van der Waals surface area contributed by atoms with Gasteiger partial charge in [-0.15, -0.1) is 0 Å². The number of fused-ring (bicyclic) bond motifs is 1. The third-order valence-corrected chi connectivity index (χ3v) is 6.50. The molecule has 0 aliphatic rings. The molecule has 0 fully saturated rings. The minimum absolute atomic E-state index is 0.0371. The van der Waals surface area contributed by atoms with E-state index in [-0.39, 0.29) is 27.7 Å². The van der Waals surface area contributed by atoms with Crippen LogP contribution in [0.15, 0.2) is 29.4 Å². The Morgan fingerprint density at radius 3 is 2.45 bits per heavy atom. The van der Waals surface area contributed by atoms with Gasteiger partial charge in [-0.2, -0.15) is 13.2 Å². The van der Waals surface area contributed by atoms with Gasteiger partial charge in [0.15, 0.2) is 15.7 Å². The van der Waals surface area contributed by atoms with Crippen LogP contribution in [0.5, 0.6) is 0 Å². The molecule has 0 aliphatic carbocycles. The first kappa shape index (κ1) is 22.9. The molecule has 0 amide bonds. The number of halogens is 3. The van der Waals surface area contributed by atoms with Gasteiger partial charge in [-0.05, 0) is 18.6 Å². The van der Waals surface area contributed by atoms with Gasteiger partial charge in [-0.25, -0.2) is 23.4 Å². The Hall–Kier alpha value is -2.73. The van der Waals surface area contributed by atoms with Crippen molar-refractivity contribution >= 4 is 26.6 Å². The Balaban J connectivity index is 2.24. The van der Waals surface area contributed by atoms with Gasteiger partial charge in [0, 0.05) is 13.6 Å². The molecule has 3 rings (SSSR count). The van der Waals surface area contributed by atoms with Crippen LogP contribution in [0.3, 0.4) is 0 Å². The summed E-state index contributed by atoms with van der Waals surface area (Å²) in [5.74, 6) is -0.0653. The van der Waals surface area contributed by atoms with Crippen molar-refractivity contribution in [1.82, 2.24) is 19.5 Å². The Morgan fingerprint density at radius 1 is 1.16 bits per heavy atom. The molecular weight excluding hydrogens is 435 g/mol. The number of nitrogens with zero attached hydrogens (tertiary/aromatic N) is 5. The molecule has 0 unspecified atom stereocenters. The molecule has 0 spiro atoms. The van der Waals surface area contributed by atoms with Crippen LogP contribution in [0.1, 0.15) is 26.0 Å². The van der Waals surface area contributed by atoms with Crippen molar-refractivity contribution in [3.05, 3.63) is 30.2 Å². The number of hydrogen-bond acceptors (Lipinski definition) is 7. The fourth-order valence-corrected chi connectivity index (χ4v) is 4.17. The lowest BCUT2D eigenvalue weighted by Gasteiger charge is -2.22.